The van der Waals surface area contributed by atoms with Crippen LogP contribution in [0.3, 0.4) is 0 Å². The molecule has 0 saturated carbocycles. The van der Waals surface area contributed by atoms with Gasteiger partial charge in [0.25, 0.3) is 5.82 Å². The Balaban J connectivity index is 0.000000587. The summed E-state index contributed by atoms with van der Waals surface area (Å²) in [5, 5.41) is 13.6. The van der Waals surface area contributed by atoms with Crippen molar-refractivity contribution in [1.82, 2.24) is 15.3 Å². The molecule has 0 unspecified atom stereocenters. The highest BCUT2D eigenvalue weighted by Gasteiger charge is 2.29. The lowest BCUT2D eigenvalue weighted by atomic mass is 10.0. The number of benzene rings is 2. The van der Waals surface area contributed by atoms with Gasteiger partial charge in [0, 0.05) is 34.1 Å². The van der Waals surface area contributed by atoms with Crippen LogP contribution in [0.4, 0.5) is 13.2 Å². The van der Waals surface area contributed by atoms with Crippen LogP contribution in [0.15, 0.2) is 60.9 Å². The smallest absolute Gasteiger partial charge is 0.430 e. The number of ketones is 1. The van der Waals surface area contributed by atoms with Crippen LogP contribution in [-0.2, 0) is 20.8 Å². The first kappa shape index (κ1) is 31.4. The fraction of sp³-hybridized carbons (Fsp3) is 0.310. The van der Waals surface area contributed by atoms with Crippen molar-refractivity contribution in [2.45, 2.75) is 57.7 Å². The predicted octanol–water partition coefficient (Wildman–Crippen LogP) is 4.87. The molecule has 1 atom stereocenters. The summed E-state index contributed by atoms with van der Waals surface area (Å²) in [6.07, 6.45) is 2.96. The highest BCUT2D eigenvalue weighted by atomic mass is 35.5. The second kappa shape index (κ2) is 14.5. The molecule has 0 bridgehead atoms. The quantitative estimate of drug-likeness (QED) is 0.215. The number of aromatic amines is 3. The number of alkyl halides is 3. The number of aliphatic carboxylic acids is 1. The number of amides is 1. The van der Waals surface area contributed by atoms with E-state index in [-0.39, 0.29) is 24.2 Å². The maximum atomic E-state index is 13.0. The molecule has 0 aliphatic rings. The van der Waals surface area contributed by atoms with Gasteiger partial charge in [-0.1, -0.05) is 54.8 Å². The first-order chi connectivity index (χ1) is 19.4. The molecule has 0 radical (unpaired) electrons. The lowest BCUT2D eigenvalue weighted by Crippen LogP contribution is -2.37. The van der Waals surface area contributed by atoms with Gasteiger partial charge in [0.1, 0.15) is 24.0 Å². The highest BCUT2D eigenvalue weighted by molar-refractivity contribution is 6.31. The standard InChI is InChI=1S/C27H29ClN4O2.C2HF3O2/c1-18(33)8-4-2-7-11-24(27-30-17-25(32-27)19-9-5-3-6-10-19)31-26(34)14-20-16-29-23-13-12-21(28)15-22(20)23;3-2(4,5)1(6)7/h3,5-6,9-10,12-13,15-17,24,29H,2,4,7-8,11,14H2,1H3,(H,30,32)(H,31,34);(H,6,7)/t24-;/m0./s1. The van der Waals surface area contributed by atoms with Gasteiger partial charge in [-0.05, 0) is 43.5 Å². The number of hydrogen-bond donors (Lipinski definition) is 3. The Morgan fingerprint density at radius 3 is 2.44 bits per heavy atom. The van der Waals surface area contributed by atoms with E-state index in [1.807, 2.05) is 60.9 Å². The summed E-state index contributed by atoms with van der Waals surface area (Å²) < 4.78 is 31.5. The summed E-state index contributed by atoms with van der Waals surface area (Å²) >= 11 is 6.16. The molecule has 41 heavy (non-hydrogen) atoms. The van der Waals surface area contributed by atoms with Crippen molar-refractivity contribution in [2.75, 3.05) is 0 Å². The van der Waals surface area contributed by atoms with Gasteiger partial charge >= 0.3 is 6.18 Å². The van der Waals surface area contributed by atoms with Crippen molar-refractivity contribution in [1.29, 1.82) is 0 Å². The second-order valence-corrected chi connectivity index (χ2v) is 9.93. The van der Waals surface area contributed by atoms with E-state index in [9.17, 15) is 22.8 Å². The maximum Gasteiger partial charge on any atom is 0.430 e. The summed E-state index contributed by atoms with van der Waals surface area (Å²) in [5.74, 6) is -1.99. The molecular formula is C29H30ClF3N4O4. The number of carboxylic acids is 1. The number of fused-ring (bicyclic) bond motifs is 1. The van der Waals surface area contributed by atoms with Gasteiger partial charge in [0.15, 0.2) is 5.69 Å². The Morgan fingerprint density at radius 1 is 1.07 bits per heavy atom. The van der Waals surface area contributed by atoms with E-state index < -0.39 is 12.1 Å². The molecule has 0 aliphatic carbocycles. The number of aromatic nitrogens is 3. The Labute approximate surface area is 239 Å². The number of nitrogens with one attached hydrogen (secondary N) is 4. The normalized spacial score (nSPS) is 11.9. The maximum absolute atomic E-state index is 13.0. The van der Waals surface area contributed by atoms with Crippen LogP contribution in [-0.4, -0.2) is 33.8 Å². The minimum atomic E-state index is -5.19. The SMILES string of the molecule is CC(=O)CCCCC[C@H](NC(=O)Cc1c[nH]c2ccc(Cl)cc12)c1[nH]c(-c2ccccc2)c[nH+]1.O=C([O-])C(F)(F)F. The van der Waals surface area contributed by atoms with Crippen LogP contribution >= 0.6 is 11.6 Å². The predicted molar refractivity (Wildman–Crippen MR) is 146 cm³/mol. The fourth-order valence-electron chi connectivity index (χ4n) is 4.23. The van der Waals surface area contributed by atoms with Gasteiger partial charge < -0.3 is 25.0 Å². The van der Waals surface area contributed by atoms with E-state index in [0.717, 1.165) is 59.2 Å². The molecule has 8 nitrogen and oxygen atoms in total. The van der Waals surface area contributed by atoms with Crippen molar-refractivity contribution in [3.8, 4) is 11.3 Å². The number of carbonyl (C=O) groups is 3. The first-order valence-electron chi connectivity index (χ1n) is 12.9. The molecule has 218 valence electrons. The molecule has 4 rings (SSSR count). The average Bonchev–Trinajstić information content (AvgIpc) is 3.56. The van der Waals surface area contributed by atoms with Crippen molar-refractivity contribution < 1.29 is 37.6 Å². The molecule has 1 amide bonds. The fourth-order valence-corrected chi connectivity index (χ4v) is 4.40. The molecule has 4 aromatic rings. The summed E-state index contributed by atoms with van der Waals surface area (Å²) in [4.78, 5) is 43.0. The first-order valence-corrected chi connectivity index (χ1v) is 13.3. The van der Waals surface area contributed by atoms with Crippen LogP contribution in [0.5, 0.6) is 0 Å². The third-order valence-electron chi connectivity index (χ3n) is 6.24. The van der Waals surface area contributed by atoms with Gasteiger partial charge in [0.2, 0.25) is 5.91 Å². The second-order valence-electron chi connectivity index (χ2n) is 9.49. The number of unbranched alkanes of at least 4 members (excludes halogenated alkanes) is 2. The molecule has 4 N–H and O–H groups in total. The number of halogens is 4. The topological polar surface area (TPSA) is 132 Å². The molecule has 0 fully saturated rings. The van der Waals surface area contributed by atoms with Crippen LogP contribution in [0, 0.1) is 0 Å². The average molecular weight is 591 g/mol. The third kappa shape index (κ3) is 9.78. The Morgan fingerprint density at radius 2 is 1.78 bits per heavy atom. The van der Waals surface area contributed by atoms with Crippen molar-refractivity contribution in [3.63, 3.8) is 0 Å². The number of carbonyl (C=O) groups excluding carboxylic acids is 3. The van der Waals surface area contributed by atoms with Crippen molar-refractivity contribution >= 4 is 40.2 Å². The van der Waals surface area contributed by atoms with Gasteiger partial charge in [-0.3, -0.25) is 4.79 Å². The Hall–Kier alpha value is -4.12. The molecule has 2 heterocycles. The molecule has 0 spiro atoms. The summed E-state index contributed by atoms with van der Waals surface area (Å²) in [6, 6.07) is 15.5. The van der Waals surface area contributed by atoms with Crippen LogP contribution < -0.4 is 15.4 Å². The molecule has 2 aromatic carbocycles. The third-order valence-corrected chi connectivity index (χ3v) is 6.48. The van der Waals surface area contributed by atoms with E-state index in [1.54, 1.807) is 6.92 Å². The zero-order valence-corrected chi connectivity index (χ0v) is 23.0. The molecule has 2 aromatic heterocycles. The number of Topliss-reactive ketones (excluding diaryl/α,β-unsaturated/α-hetero) is 1. The minimum absolute atomic E-state index is 0.0566. The summed E-state index contributed by atoms with van der Waals surface area (Å²) in [6.45, 7) is 1.62. The van der Waals surface area contributed by atoms with Crippen LogP contribution in [0.1, 0.15) is 56.5 Å². The van der Waals surface area contributed by atoms with Gasteiger partial charge in [-0.25, -0.2) is 9.97 Å². The van der Waals surface area contributed by atoms with Crippen molar-refractivity contribution in [2.24, 2.45) is 0 Å². The van der Waals surface area contributed by atoms with Gasteiger partial charge in [-0.2, -0.15) is 13.2 Å². The Kier molecular flexibility index (Phi) is 11.1. The number of hydrogen-bond acceptors (Lipinski definition) is 4. The zero-order chi connectivity index (χ0) is 30.0. The van der Waals surface area contributed by atoms with E-state index in [2.05, 4.69) is 20.3 Å². The molecule has 12 heteroatoms. The van der Waals surface area contributed by atoms with Crippen LogP contribution in [0.2, 0.25) is 5.02 Å². The number of imidazole rings is 1. The Bertz CT molecular complexity index is 1470. The van der Waals surface area contributed by atoms with Crippen molar-refractivity contribution in [3.05, 3.63) is 77.3 Å². The minimum Gasteiger partial charge on any atom is -0.542 e. The zero-order valence-electron chi connectivity index (χ0n) is 22.2. The monoisotopic (exact) mass is 590 g/mol. The molecular weight excluding hydrogens is 561 g/mol. The lowest BCUT2D eigenvalue weighted by Gasteiger charge is -2.14. The van der Waals surface area contributed by atoms with Crippen LogP contribution in [0.25, 0.3) is 22.2 Å². The van der Waals surface area contributed by atoms with E-state index >= 15 is 0 Å². The largest absolute Gasteiger partial charge is 0.542 e. The number of carboxylic acid groups (broad SMARTS) is 1. The molecule has 0 aliphatic heterocycles. The van der Waals surface area contributed by atoms with E-state index in [4.69, 9.17) is 21.5 Å². The van der Waals surface area contributed by atoms with Gasteiger partial charge in [-0.15, -0.1) is 0 Å². The number of rotatable bonds is 11. The highest BCUT2D eigenvalue weighted by Crippen LogP contribution is 2.24. The van der Waals surface area contributed by atoms with Gasteiger partial charge in [0.05, 0.1) is 6.42 Å². The summed E-state index contributed by atoms with van der Waals surface area (Å²) in [7, 11) is 0. The van der Waals surface area contributed by atoms with E-state index in [1.165, 1.54) is 0 Å². The lowest BCUT2D eigenvalue weighted by molar-refractivity contribution is -0.391. The summed E-state index contributed by atoms with van der Waals surface area (Å²) in [5.41, 5.74) is 3.92. The van der Waals surface area contributed by atoms with E-state index in [0.29, 0.717) is 11.4 Å². The number of H-pyrrole nitrogens is 3. The molecule has 0 saturated heterocycles.